The Morgan fingerprint density at radius 2 is 2.10 bits per heavy atom. The summed E-state index contributed by atoms with van der Waals surface area (Å²) in [5, 5.41) is 0. The molecule has 0 fully saturated rings. The molecule has 0 spiro atoms. The largest absolute Gasteiger partial charge is 0.481 e. The van der Waals surface area contributed by atoms with Crippen LogP contribution in [0, 0.1) is 0 Å². The summed E-state index contributed by atoms with van der Waals surface area (Å²) in [7, 11) is -2.31. The van der Waals surface area contributed by atoms with E-state index in [1.165, 1.54) is 25.3 Å². The van der Waals surface area contributed by atoms with Gasteiger partial charge in [-0.3, -0.25) is 0 Å². The number of halogens is 1. The number of sulfonamides is 1. The van der Waals surface area contributed by atoms with E-state index in [-0.39, 0.29) is 17.5 Å². The van der Waals surface area contributed by atoms with E-state index in [9.17, 15) is 13.2 Å². The molecule has 0 aliphatic rings. The average Bonchev–Trinajstić information content (AvgIpc) is 2.44. The van der Waals surface area contributed by atoms with Crippen molar-refractivity contribution in [1.29, 1.82) is 0 Å². The van der Waals surface area contributed by atoms with Gasteiger partial charge in [0.25, 0.3) is 0 Å². The van der Waals surface area contributed by atoms with Gasteiger partial charge in [-0.15, -0.1) is 0 Å². The van der Waals surface area contributed by atoms with Gasteiger partial charge in [0.2, 0.25) is 10.0 Å². The highest BCUT2D eigenvalue weighted by Crippen LogP contribution is 2.28. The Bertz CT molecular complexity index is 603. The minimum absolute atomic E-state index is 0.125. The summed E-state index contributed by atoms with van der Waals surface area (Å²) < 4.78 is 37.0. The fourth-order valence-electron chi connectivity index (χ4n) is 1.38. The number of nitrogens with one attached hydrogen (secondary N) is 1. The van der Waals surface area contributed by atoms with E-state index in [0.717, 1.165) is 0 Å². The third-order valence-corrected chi connectivity index (χ3v) is 4.96. The second-order valence-electron chi connectivity index (χ2n) is 4.39. The van der Waals surface area contributed by atoms with E-state index in [0.29, 0.717) is 16.6 Å². The SMILES string of the molecule is CCC(C)NS(=O)(=O)c1ccc(OCC(=O)OC)c(Br)c1. The zero-order valence-corrected chi connectivity index (χ0v) is 14.5. The molecule has 1 aromatic carbocycles. The standard InChI is InChI=1S/C13H18BrNO5S/c1-4-9(2)15-21(17,18)10-5-6-12(11(14)7-10)20-8-13(16)19-3/h5-7,9,15H,4,8H2,1-3H3. The van der Waals surface area contributed by atoms with E-state index >= 15 is 0 Å². The second kappa shape index (κ2) is 7.77. The molecule has 0 saturated heterocycles. The van der Waals surface area contributed by atoms with Crippen molar-refractivity contribution in [3.05, 3.63) is 22.7 Å². The first-order chi connectivity index (χ1) is 9.80. The molecule has 0 bridgehead atoms. The van der Waals surface area contributed by atoms with Crippen LogP contribution in [0.25, 0.3) is 0 Å². The monoisotopic (exact) mass is 379 g/mol. The van der Waals surface area contributed by atoms with Gasteiger partial charge in [-0.1, -0.05) is 6.92 Å². The minimum Gasteiger partial charge on any atom is -0.481 e. The van der Waals surface area contributed by atoms with Crippen LogP contribution in [0.15, 0.2) is 27.6 Å². The molecule has 0 aromatic heterocycles. The number of carbonyl (C=O) groups excluding carboxylic acids is 1. The van der Waals surface area contributed by atoms with Gasteiger partial charge in [0.15, 0.2) is 6.61 Å². The lowest BCUT2D eigenvalue weighted by Gasteiger charge is -2.13. The van der Waals surface area contributed by atoms with Crippen LogP contribution in [0.2, 0.25) is 0 Å². The van der Waals surface area contributed by atoms with E-state index in [4.69, 9.17) is 4.74 Å². The zero-order chi connectivity index (χ0) is 16.0. The fraction of sp³-hybridized carbons (Fsp3) is 0.462. The molecular weight excluding hydrogens is 362 g/mol. The summed E-state index contributed by atoms with van der Waals surface area (Å²) in [5.41, 5.74) is 0. The first kappa shape index (κ1) is 17.9. The predicted molar refractivity (Wildman–Crippen MR) is 81.7 cm³/mol. The fourth-order valence-corrected chi connectivity index (χ4v) is 3.38. The van der Waals surface area contributed by atoms with Crippen molar-refractivity contribution in [2.45, 2.75) is 31.2 Å². The van der Waals surface area contributed by atoms with Crippen molar-refractivity contribution in [2.24, 2.45) is 0 Å². The zero-order valence-electron chi connectivity index (χ0n) is 12.1. The molecule has 0 aliphatic heterocycles. The van der Waals surface area contributed by atoms with Gasteiger partial charge >= 0.3 is 5.97 Å². The van der Waals surface area contributed by atoms with E-state index in [1.54, 1.807) is 6.92 Å². The molecule has 1 unspecified atom stereocenters. The molecule has 6 nitrogen and oxygen atoms in total. The van der Waals surface area contributed by atoms with Crippen LogP contribution < -0.4 is 9.46 Å². The second-order valence-corrected chi connectivity index (χ2v) is 6.96. The molecule has 0 amide bonds. The molecule has 1 N–H and O–H groups in total. The summed E-state index contributed by atoms with van der Waals surface area (Å²) >= 11 is 3.23. The lowest BCUT2D eigenvalue weighted by atomic mass is 10.3. The highest BCUT2D eigenvalue weighted by Gasteiger charge is 2.18. The number of rotatable bonds is 7. The van der Waals surface area contributed by atoms with Crippen molar-refractivity contribution in [2.75, 3.05) is 13.7 Å². The van der Waals surface area contributed by atoms with Crippen LogP contribution in [0.1, 0.15) is 20.3 Å². The van der Waals surface area contributed by atoms with Crippen molar-refractivity contribution in [3.63, 3.8) is 0 Å². The third kappa shape index (κ3) is 5.29. The highest BCUT2D eigenvalue weighted by atomic mass is 79.9. The van der Waals surface area contributed by atoms with Crippen LogP contribution in [-0.2, 0) is 19.6 Å². The Kier molecular flexibility index (Phi) is 6.63. The maximum atomic E-state index is 12.1. The number of hydrogen-bond acceptors (Lipinski definition) is 5. The molecule has 1 rings (SSSR count). The highest BCUT2D eigenvalue weighted by molar-refractivity contribution is 9.10. The normalized spacial score (nSPS) is 12.8. The average molecular weight is 380 g/mol. The number of methoxy groups -OCH3 is 1. The lowest BCUT2D eigenvalue weighted by Crippen LogP contribution is -2.32. The van der Waals surface area contributed by atoms with Crippen molar-refractivity contribution in [1.82, 2.24) is 4.72 Å². The van der Waals surface area contributed by atoms with Gasteiger partial charge in [-0.2, -0.15) is 0 Å². The molecule has 0 radical (unpaired) electrons. The van der Waals surface area contributed by atoms with Crippen LogP contribution in [0.4, 0.5) is 0 Å². The summed E-state index contributed by atoms with van der Waals surface area (Å²) in [5.74, 6) is -0.153. The maximum absolute atomic E-state index is 12.1. The molecule has 21 heavy (non-hydrogen) atoms. The summed E-state index contributed by atoms with van der Waals surface area (Å²) in [6.45, 7) is 3.44. The lowest BCUT2D eigenvalue weighted by molar-refractivity contribution is -0.142. The number of esters is 1. The topological polar surface area (TPSA) is 81.7 Å². The molecule has 1 atom stereocenters. The molecule has 8 heteroatoms. The number of hydrogen-bond donors (Lipinski definition) is 1. The van der Waals surface area contributed by atoms with Crippen molar-refractivity contribution < 1.29 is 22.7 Å². The third-order valence-electron chi connectivity index (χ3n) is 2.76. The molecule has 118 valence electrons. The number of benzene rings is 1. The van der Waals surface area contributed by atoms with E-state index in [1.807, 2.05) is 6.92 Å². The van der Waals surface area contributed by atoms with Crippen LogP contribution >= 0.6 is 15.9 Å². The van der Waals surface area contributed by atoms with Gasteiger partial charge in [0.05, 0.1) is 16.5 Å². The van der Waals surface area contributed by atoms with Gasteiger partial charge < -0.3 is 9.47 Å². The first-order valence-corrected chi connectivity index (χ1v) is 8.59. The van der Waals surface area contributed by atoms with Gasteiger partial charge in [-0.25, -0.2) is 17.9 Å². The van der Waals surface area contributed by atoms with E-state index < -0.39 is 16.0 Å². The summed E-state index contributed by atoms with van der Waals surface area (Å²) in [6, 6.07) is 4.18. The maximum Gasteiger partial charge on any atom is 0.343 e. The molecule has 0 saturated carbocycles. The summed E-state index contributed by atoms with van der Waals surface area (Å²) in [4.78, 5) is 11.1. The number of carbonyl (C=O) groups is 1. The Balaban J connectivity index is 2.89. The van der Waals surface area contributed by atoms with Gasteiger partial charge in [-0.05, 0) is 47.5 Å². The molecule has 0 heterocycles. The minimum atomic E-state index is -3.57. The van der Waals surface area contributed by atoms with Crippen LogP contribution in [-0.4, -0.2) is 34.1 Å². The molecular formula is C13H18BrNO5S. The van der Waals surface area contributed by atoms with Gasteiger partial charge in [0, 0.05) is 6.04 Å². The van der Waals surface area contributed by atoms with Crippen molar-refractivity contribution in [3.8, 4) is 5.75 Å². The van der Waals surface area contributed by atoms with E-state index in [2.05, 4.69) is 25.4 Å². The van der Waals surface area contributed by atoms with Crippen LogP contribution in [0.5, 0.6) is 5.75 Å². The van der Waals surface area contributed by atoms with Crippen LogP contribution in [0.3, 0.4) is 0 Å². The van der Waals surface area contributed by atoms with Crippen molar-refractivity contribution >= 4 is 31.9 Å². The quantitative estimate of drug-likeness (QED) is 0.733. The Labute approximate surface area is 133 Å². The Morgan fingerprint density at radius 3 is 2.62 bits per heavy atom. The predicted octanol–water partition coefficient (Wildman–Crippen LogP) is 2.08. The smallest absolute Gasteiger partial charge is 0.343 e. The Hall–Kier alpha value is -1.12. The van der Waals surface area contributed by atoms with Gasteiger partial charge in [0.1, 0.15) is 5.75 Å². The summed E-state index contributed by atoms with van der Waals surface area (Å²) in [6.07, 6.45) is 0.695. The number of ether oxygens (including phenoxy) is 2. The molecule has 1 aromatic rings. The first-order valence-electron chi connectivity index (χ1n) is 6.31. The Morgan fingerprint density at radius 1 is 1.43 bits per heavy atom. The molecule has 0 aliphatic carbocycles.